The van der Waals surface area contributed by atoms with Crippen molar-refractivity contribution >= 4 is 51.0 Å². The van der Waals surface area contributed by atoms with Gasteiger partial charge in [-0.3, -0.25) is 4.79 Å². The number of nitrogens with zero attached hydrogens (tertiary/aromatic N) is 3. The number of amides is 3. The molecule has 1 aliphatic rings. The number of rotatable bonds is 7. The Hall–Kier alpha value is -2.92. The molecule has 2 aromatic rings. The van der Waals surface area contributed by atoms with Crippen LogP contribution in [-0.2, 0) is 4.79 Å². The molecule has 30 heavy (non-hydrogen) atoms. The van der Waals surface area contributed by atoms with E-state index >= 15 is 0 Å². The van der Waals surface area contributed by atoms with Crippen LogP contribution in [-0.4, -0.2) is 53.5 Å². The van der Waals surface area contributed by atoms with Gasteiger partial charge in [0.15, 0.2) is 0 Å². The summed E-state index contributed by atoms with van der Waals surface area (Å²) in [6.45, 7) is 1.96. The van der Waals surface area contributed by atoms with Gasteiger partial charge in [0.05, 0.1) is 4.47 Å². The highest BCUT2D eigenvalue weighted by Gasteiger charge is 2.17. The first kappa shape index (κ1) is 23.4. The number of aromatic nitrogens is 2. The molecule has 1 fully saturated rings. The Bertz CT molecular complexity index is 858. The molecule has 7 N–H and O–H groups in total. The molecular formula is C19H27BrN8O2. The summed E-state index contributed by atoms with van der Waals surface area (Å²) >= 11 is 3.37. The van der Waals surface area contributed by atoms with Gasteiger partial charge in [0.2, 0.25) is 11.9 Å². The van der Waals surface area contributed by atoms with E-state index in [1.54, 1.807) is 6.20 Å². The Morgan fingerprint density at radius 3 is 2.60 bits per heavy atom. The molecule has 3 rings (SSSR count). The number of nitrogens with two attached hydrogens (primary N) is 2. The molecule has 1 aromatic heterocycles. The van der Waals surface area contributed by atoms with Crippen LogP contribution in [0, 0.1) is 0 Å². The SMILES string of the molecule is CN.NC(=O)CCNc1nc(Nc2cccc(NC(=O)N3CCCC3)c2)ncc1Br. The second-order valence-corrected chi connectivity index (χ2v) is 7.22. The van der Waals surface area contributed by atoms with E-state index < -0.39 is 0 Å². The number of likely N-dealkylation sites (tertiary alicyclic amines) is 1. The number of halogens is 1. The maximum Gasteiger partial charge on any atom is 0.321 e. The van der Waals surface area contributed by atoms with Crippen LogP contribution in [0.4, 0.5) is 27.9 Å². The summed E-state index contributed by atoms with van der Waals surface area (Å²) in [6.07, 6.45) is 3.91. The number of anilines is 4. The normalized spacial score (nSPS) is 12.6. The van der Waals surface area contributed by atoms with Crippen molar-refractivity contribution in [1.82, 2.24) is 14.9 Å². The highest BCUT2D eigenvalue weighted by Crippen LogP contribution is 2.23. The number of nitrogens with one attached hydrogen (secondary N) is 3. The fourth-order valence-corrected chi connectivity index (χ4v) is 3.11. The van der Waals surface area contributed by atoms with Crippen LogP contribution in [0.5, 0.6) is 0 Å². The van der Waals surface area contributed by atoms with Crippen molar-refractivity contribution in [3.63, 3.8) is 0 Å². The van der Waals surface area contributed by atoms with Gasteiger partial charge in [0, 0.05) is 43.6 Å². The quantitative estimate of drug-likeness (QED) is 0.409. The average molecular weight is 479 g/mol. The van der Waals surface area contributed by atoms with E-state index in [1.165, 1.54) is 7.05 Å². The molecule has 1 aromatic carbocycles. The fourth-order valence-electron chi connectivity index (χ4n) is 2.78. The maximum atomic E-state index is 12.2. The van der Waals surface area contributed by atoms with Gasteiger partial charge in [-0.05, 0) is 54.0 Å². The van der Waals surface area contributed by atoms with Crippen molar-refractivity contribution in [2.24, 2.45) is 11.5 Å². The number of carbonyl (C=O) groups is 2. The van der Waals surface area contributed by atoms with Crippen molar-refractivity contribution < 1.29 is 9.59 Å². The Balaban J connectivity index is 0.00000155. The second kappa shape index (κ2) is 11.9. The molecule has 3 amide bonds. The Morgan fingerprint density at radius 1 is 1.20 bits per heavy atom. The largest absolute Gasteiger partial charge is 0.370 e. The van der Waals surface area contributed by atoms with Gasteiger partial charge >= 0.3 is 6.03 Å². The number of carbonyl (C=O) groups excluding carboxylic acids is 2. The molecule has 1 aliphatic heterocycles. The summed E-state index contributed by atoms with van der Waals surface area (Å²) in [4.78, 5) is 33.5. The zero-order chi connectivity index (χ0) is 21.9. The standard InChI is InChI=1S/C18H22BrN7O2.CH5N/c19-14-11-22-17(25-16(14)21-7-6-15(20)27)23-12-4-3-5-13(10-12)24-18(28)26-8-1-2-9-26;1-2/h3-5,10-11H,1-2,6-9H2,(H2,20,27)(H,24,28)(H2,21,22,23,25);2H2,1H3. The molecule has 0 saturated carbocycles. The highest BCUT2D eigenvalue weighted by atomic mass is 79.9. The summed E-state index contributed by atoms with van der Waals surface area (Å²) in [5.74, 6) is 0.550. The molecule has 0 spiro atoms. The van der Waals surface area contributed by atoms with Gasteiger partial charge in [-0.1, -0.05) is 6.07 Å². The Morgan fingerprint density at radius 2 is 1.90 bits per heavy atom. The molecule has 0 aliphatic carbocycles. The van der Waals surface area contributed by atoms with Crippen LogP contribution in [0.3, 0.4) is 0 Å². The van der Waals surface area contributed by atoms with E-state index in [-0.39, 0.29) is 18.4 Å². The lowest BCUT2D eigenvalue weighted by molar-refractivity contribution is -0.117. The summed E-state index contributed by atoms with van der Waals surface area (Å²) in [5.41, 5.74) is 11.1. The molecule has 0 radical (unpaired) electrons. The third-order valence-electron chi connectivity index (χ3n) is 4.17. The second-order valence-electron chi connectivity index (χ2n) is 6.36. The lowest BCUT2D eigenvalue weighted by Gasteiger charge is -2.16. The first-order chi connectivity index (χ1) is 14.5. The molecule has 0 bridgehead atoms. The van der Waals surface area contributed by atoms with E-state index in [9.17, 15) is 9.59 Å². The van der Waals surface area contributed by atoms with Crippen molar-refractivity contribution in [3.8, 4) is 0 Å². The molecule has 10 nitrogen and oxygen atoms in total. The summed E-state index contributed by atoms with van der Waals surface area (Å²) in [5, 5.41) is 9.06. The zero-order valence-corrected chi connectivity index (χ0v) is 18.4. The van der Waals surface area contributed by atoms with Crippen molar-refractivity contribution in [3.05, 3.63) is 34.9 Å². The molecule has 162 valence electrons. The lowest BCUT2D eigenvalue weighted by atomic mass is 10.3. The molecule has 2 heterocycles. The van der Waals surface area contributed by atoms with Crippen molar-refractivity contribution in [2.75, 3.05) is 42.6 Å². The van der Waals surface area contributed by atoms with E-state index in [1.807, 2.05) is 29.2 Å². The third kappa shape index (κ3) is 7.16. The zero-order valence-electron chi connectivity index (χ0n) is 16.8. The van der Waals surface area contributed by atoms with Crippen LogP contribution in [0.2, 0.25) is 0 Å². The van der Waals surface area contributed by atoms with Gasteiger partial charge in [0.1, 0.15) is 5.82 Å². The van der Waals surface area contributed by atoms with Crippen molar-refractivity contribution in [1.29, 1.82) is 0 Å². The van der Waals surface area contributed by atoms with Gasteiger partial charge in [-0.2, -0.15) is 4.98 Å². The molecular weight excluding hydrogens is 452 g/mol. The maximum absolute atomic E-state index is 12.2. The predicted molar refractivity (Wildman–Crippen MR) is 122 cm³/mol. The van der Waals surface area contributed by atoms with Crippen molar-refractivity contribution in [2.45, 2.75) is 19.3 Å². The lowest BCUT2D eigenvalue weighted by Crippen LogP contribution is -2.32. The summed E-state index contributed by atoms with van der Waals surface area (Å²) in [7, 11) is 1.50. The number of hydrogen-bond donors (Lipinski definition) is 5. The number of benzene rings is 1. The van der Waals surface area contributed by atoms with E-state index in [0.29, 0.717) is 28.5 Å². The van der Waals surface area contributed by atoms with E-state index in [2.05, 4.69) is 47.6 Å². The van der Waals surface area contributed by atoms with Gasteiger partial charge in [-0.25, -0.2) is 9.78 Å². The highest BCUT2D eigenvalue weighted by molar-refractivity contribution is 9.10. The van der Waals surface area contributed by atoms with Gasteiger partial charge in [0.25, 0.3) is 0 Å². The van der Waals surface area contributed by atoms with Crippen LogP contribution < -0.4 is 27.4 Å². The minimum atomic E-state index is -0.385. The molecule has 0 atom stereocenters. The number of primary amides is 1. The Kier molecular flexibility index (Phi) is 9.29. The minimum absolute atomic E-state index is 0.0875. The smallest absolute Gasteiger partial charge is 0.321 e. The minimum Gasteiger partial charge on any atom is -0.370 e. The predicted octanol–water partition coefficient (Wildman–Crippen LogP) is 2.47. The molecule has 11 heteroatoms. The van der Waals surface area contributed by atoms with Gasteiger partial charge < -0.3 is 32.3 Å². The first-order valence-electron chi connectivity index (χ1n) is 9.57. The van der Waals surface area contributed by atoms with E-state index in [4.69, 9.17) is 5.73 Å². The fraction of sp³-hybridized carbons (Fsp3) is 0.368. The monoisotopic (exact) mass is 478 g/mol. The molecule has 1 saturated heterocycles. The number of urea groups is 1. The third-order valence-corrected chi connectivity index (χ3v) is 4.75. The summed E-state index contributed by atoms with van der Waals surface area (Å²) < 4.78 is 0.675. The molecule has 0 unspecified atom stereocenters. The van der Waals surface area contributed by atoms with E-state index in [0.717, 1.165) is 31.6 Å². The first-order valence-corrected chi connectivity index (χ1v) is 10.4. The van der Waals surface area contributed by atoms with Crippen LogP contribution in [0.15, 0.2) is 34.9 Å². The van der Waals surface area contributed by atoms with Crippen LogP contribution in [0.1, 0.15) is 19.3 Å². The number of hydrogen-bond acceptors (Lipinski definition) is 7. The van der Waals surface area contributed by atoms with Crippen LogP contribution >= 0.6 is 15.9 Å². The average Bonchev–Trinajstić information content (AvgIpc) is 3.27. The summed E-state index contributed by atoms with van der Waals surface area (Å²) in [6, 6.07) is 7.26. The topological polar surface area (TPSA) is 151 Å². The van der Waals surface area contributed by atoms with Crippen LogP contribution in [0.25, 0.3) is 0 Å². The Labute approximate surface area is 183 Å². The van der Waals surface area contributed by atoms with Gasteiger partial charge in [-0.15, -0.1) is 0 Å².